The smallest absolute Gasteiger partial charge is 0.350 e. The lowest BCUT2D eigenvalue weighted by Crippen LogP contribution is -2.16. The maximum Gasteiger partial charge on any atom is 0.350 e. The molecule has 0 bridgehead atoms. The molecule has 0 N–H and O–H groups in total. The molecule has 2 aromatic rings. The largest absolute Gasteiger partial charge is 0.465 e. The summed E-state index contributed by atoms with van der Waals surface area (Å²) in [5.41, 5.74) is 0.887. The van der Waals surface area contributed by atoms with Gasteiger partial charge in [0.05, 0.1) is 7.11 Å². The number of carbonyl (C=O) groups is 1. The lowest BCUT2D eigenvalue weighted by molar-refractivity contribution is 0.0595. The summed E-state index contributed by atoms with van der Waals surface area (Å²) in [5.74, 6) is -0.127. The first-order chi connectivity index (χ1) is 9.17. The first kappa shape index (κ1) is 13.1. The number of hydrogen-bond donors (Lipinski definition) is 0. The molecular formula is C15H14O4. The summed E-state index contributed by atoms with van der Waals surface area (Å²) in [5, 5.41) is 0. The van der Waals surface area contributed by atoms with Crippen LogP contribution in [-0.2, 0) is 11.2 Å². The average Bonchev–Trinajstić information content (AvgIpc) is 2.47. The molecule has 4 nitrogen and oxygen atoms in total. The monoisotopic (exact) mass is 258 g/mol. The van der Waals surface area contributed by atoms with Crippen molar-refractivity contribution >= 4 is 5.97 Å². The van der Waals surface area contributed by atoms with Crippen molar-refractivity contribution in [1.82, 2.24) is 0 Å². The molecule has 1 aromatic carbocycles. The molecule has 4 heteroatoms. The first-order valence-corrected chi connectivity index (χ1v) is 5.98. The van der Waals surface area contributed by atoms with Crippen LogP contribution < -0.4 is 5.63 Å². The summed E-state index contributed by atoms with van der Waals surface area (Å²) < 4.78 is 9.79. The molecule has 0 atom stereocenters. The molecule has 0 fully saturated rings. The van der Waals surface area contributed by atoms with Crippen LogP contribution in [0, 0.1) is 0 Å². The molecule has 19 heavy (non-hydrogen) atoms. The van der Waals surface area contributed by atoms with Crippen LogP contribution in [0.3, 0.4) is 0 Å². The Balaban J connectivity index is 2.65. The minimum Gasteiger partial charge on any atom is -0.465 e. The average molecular weight is 258 g/mol. The van der Waals surface area contributed by atoms with E-state index >= 15 is 0 Å². The summed E-state index contributed by atoms with van der Waals surface area (Å²) in [4.78, 5) is 23.3. The van der Waals surface area contributed by atoms with Crippen LogP contribution in [0.2, 0.25) is 0 Å². The second kappa shape index (κ2) is 5.52. The Morgan fingerprint density at radius 3 is 2.53 bits per heavy atom. The van der Waals surface area contributed by atoms with E-state index in [1.165, 1.54) is 13.2 Å². The van der Waals surface area contributed by atoms with Gasteiger partial charge in [0.1, 0.15) is 11.3 Å². The highest BCUT2D eigenvalue weighted by Gasteiger charge is 2.17. The van der Waals surface area contributed by atoms with Gasteiger partial charge in [0, 0.05) is 12.0 Å². The van der Waals surface area contributed by atoms with Gasteiger partial charge in [-0.25, -0.2) is 9.59 Å². The van der Waals surface area contributed by atoms with Gasteiger partial charge >= 0.3 is 11.6 Å². The van der Waals surface area contributed by atoms with Gasteiger partial charge in [-0.1, -0.05) is 37.3 Å². The molecule has 0 aliphatic heterocycles. The molecule has 1 aromatic heterocycles. The highest BCUT2D eigenvalue weighted by Crippen LogP contribution is 2.24. The molecule has 2 rings (SSSR count). The minimum atomic E-state index is -0.686. The van der Waals surface area contributed by atoms with Crippen LogP contribution in [0.25, 0.3) is 11.1 Å². The topological polar surface area (TPSA) is 56.5 Å². The van der Waals surface area contributed by atoms with Crippen molar-refractivity contribution in [1.29, 1.82) is 0 Å². The van der Waals surface area contributed by atoms with Gasteiger partial charge in [-0.2, -0.15) is 0 Å². The van der Waals surface area contributed by atoms with E-state index in [2.05, 4.69) is 4.74 Å². The van der Waals surface area contributed by atoms with E-state index in [-0.39, 0.29) is 5.56 Å². The second-order valence-corrected chi connectivity index (χ2v) is 4.00. The minimum absolute atomic E-state index is 0.0847. The fourth-order valence-corrected chi connectivity index (χ4v) is 1.88. The van der Waals surface area contributed by atoms with Crippen molar-refractivity contribution in [2.75, 3.05) is 7.11 Å². The van der Waals surface area contributed by atoms with E-state index in [1.807, 2.05) is 37.3 Å². The number of ether oxygens (including phenoxy) is 1. The molecule has 0 amide bonds. The third-order valence-electron chi connectivity index (χ3n) is 2.84. The Morgan fingerprint density at radius 2 is 1.95 bits per heavy atom. The summed E-state index contributed by atoms with van der Waals surface area (Å²) in [6.45, 7) is 1.89. The normalized spacial score (nSPS) is 10.2. The maximum atomic E-state index is 11.7. The van der Waals surface area contributed by atoms with E-state index in [0.717, 1.165) is 11.1 Å². The molecule has 0 unspecified atom stereocenters. The summed E-state index contributed by atoms with van der Waals surface area (Å²) >= 11 is 0. The van der Waals surface area contributed by atoms with Crippen molar-refractivity contribution in [2.45, 2.75) is 13.3 Å². The Kier molecular flexibility index (Phi) is 3.80. The molecule has 0 spiro atoms. The highest BCUT2D eigenvalue weighted by molar-refractivity contribution is 5.90. The molecule has 0 aliphatic carbocycles. The highest BCUT2D eigenvalue weighted by atomic mass is 16.5. The summed E-state index contributed by atoms with van der Waals surface area (Å²) in [6.07, 6.45) is 0.570. The zero-order valence-electron chi connectivity index (χ0n) is 10.8. The zero-order valence-corrected chi connectivity index (χ0v) is 10.8. The van der Waals surface area contributed by atoms with Crippen LogP contribution in [0.1, 0.15) is 23.0 Å². The molecule has 0 aliphatic rings. The number of rotatable bonds is 3. The van der Waals surface area contributed by atoms with E-state index in [4.69, 9.17) is 4.42 Å². The van der Waals surface area contributed by atoms with E-state index in [0.29, 0.717) is 12.2 Å². The Bertz CT molecular complexity index is 641. The molecule has 98 valence electrons. The van der Waals surface area contributed by atoms with Gasteiger partial charge < -0.3 is 9.15 Å². The Morgan fingerprint density at radius 1 is 1.26 bits per heavy atom. The van der Waals surface area contributed by atoms with Crippen molar-refractivity contribution in [2.24, 2.45) is 0 Å². The van der Waals surface area contributed by atoms with Crippen LogP contribution in [0.4, 0.5) is 0 Å². The lowest BCUT2D eigenvalue weighted by Gasteiger charge is -2.08. The Hall–Kier alpha value is -2.36. The summed E-state index contributed by atoms with van der Waals surface area (Å²) in [7, 11) is 1.23. The molecular weight excluding hydrogens is 244 g/mol. The third-order valence-corrected chi connectivity index (χ3v) is 2.84. The van der Waals surface area contributed by atoms with Crippen molar-refractivity contribution < 1.29 is 13.9 Å². The van der Waals surface area contributed by atoms with Gasteiger partial charge in [-0.15, -0.1) is 0 Å². The number of aryl methyl sites for hydroxylation is 1. The number of carbonyl (C=O) groups excluding carboxylic acids is 1. The predicted molar refractivity (Wildman–Crippen MR) is 71.1 cm³/mol. The van der Waals surface area contributed by atoms with Crippen LogP contribution >= 0.6 is 0 Å². The van der Waals surface area contributed by atoms with Gasteiger partial charge in [-0.05, 0) is 11.6 Å². The predicted octanol–water partition coefficient (Wildman–Crippen LogP) is 2.66. The fraction of sp³-hybridized carbons (Fsp3) is 0.200. The molecule has 1 heterocycles. The van der Waals surface area contributed by atoms with Gasteiger partial charge in [0.2, 0.25) is 0 Å². The number of esters is 1. The molecule has 0 saturated carbocycles. The lowest BCUT2D eigenvalue weighted by atomic mass is 10.0. The van der Waals surface area contributed by atoms with Crippen molar-refractivity contribution in [3.8, 4) is 11.1 Å². The summed E-state index contributed by atoms with van der Waals surface area (Å²) in [6, 6.07) is 11.0. The van der Waals surface area contributed by atoms with Crippen LogP contribution in [0.5, 0.6) is 0 Å². The van der Waals surface area contributed by atoms with Crippen molar-refractivity contribution in [3.63, 3.8) is 0 Å². The van der Waals surface area contributed by atoms with Gasteiger partial charge in [-0.3, -0.25) is 0 Å². The number of benzene rings is 1. The molecule has 0 saturated heterocycles. The van der Waals surface area contributed by atoms with E-state index in [1.54, 1.807) is 0 Å². The van der Waals surface area contributed by atoms with Gasteiger partial charge in [0.15, 0.2) is 0 Å². The number of methoxy groups -OCH3 is 1. The Labute approximate surface area is 110 Å². The SMILES string of the molecule is CCc1oc(=O)c(C(=O)OC)cc1-c1ccccc1. The third kappa shape index (κ3) is 2.57. The maximum absolute atomic E-state index is 11.7. The quantitative estimate of drug-likeness (QED) is 0.794. The zero-order chi connectivity index (χ0) is 13.8. The van der Waals surface area contributed by atoms with Crippen molar-refractivity contribution in [3.05, 3.63) is 58.1 Å². The standard InChI is InChI=1S/C15H14O4/c1-3-13-11(10-7-5-4-6-8-10)9-12(14(16)18-2)15(17)19-13/h4-9H,3H2,1-2H3. The fourth-order valence-electron chi connectivity index (χ4n) is 1.88. The van der Waals surface area contributed by atoms with Crippen LogP contribution in [0.15, 0.2) is 45.6 Å². The van der Waals surface area contributed by atoms with E-state index < -0.39 is 11.6 Å². The molecule has 0 radical (unpaired) electrons. The number of hydrogen-bond acceptors (Lipinski definition) is 4. The van der Waals surface area contributed by atoms with Crippen LogP contribution in [-0.4, -0.2) is 13.1 Å². The first-order valence-electron chi connectivity index (χ1n) is 5.98. The van der Waals surface area contributed by atoms with Gasteiger partial charge in [0.25, 0.3) is 0 Å². The second-order valence-electron chi connectivity index (χ2n) is 4.00. The van der Waals surface area contributed by atoms with E-state index in [9.17, 15) is 9.59 Å².